The molecule has 3 aromatic rings. The van der Waals surface area contributed by atoms with Crippen LogP contribution in [0.1, 0.15) is 46.5 Å². The Hall–Kier alpha value is -3.47. The highest BCUT2D eigenvalue weighted by atomic mass is 79.9. The molecular formula is C27H32BrN5O5. The summed E-state index contributed by atoms with van der Waals surface area (Å²) < 4.78 is 12.2. The number of nitrogens with zero attached hydrogens (tertiary/aromatic N) is 4. The first-order valence-corrected chi connectivity index (χ1v) is 13.4. The van der Waals surface area contributed by atoms with Crippen molar-refractivity contribution in [2.24, 2.45) is 5.92 Å². The monoisotopic (exact) mass is 585 g/mol. The Morgan fingerprint density at radius 2 is 1.97 bits per heavy atom. The van der Waals surface area contributed by atoms with Crippen molar-refractivity contribution in [3.63, 3.8) is 0 Å². The van der Waals surface area contributed by atoms with Crippen LogP contribution in [0.5, 0.6) is 5.75 Å². The van der Waals surface area contributed by atoms with Gasteiger partial charge in [-0.3, -0.25) is 10.1 Å². The van der Waals surface area contributed by atoms with Gasteiger partial charge in [-0.25, -0.2) is 14.8 Å². The summed E-state index contributed by atoms with van der Waals surface area (Å²) in [4.78, 5) is 34.0. The number of benzene rings is 2. The van der Waals surface area contributed by atoms with Crippen LogP contribution in [0, 0.1) is 16.0 Å². The molecule has 1 fully saturated rings. The van der Waals surface area contributed by atoms with Gasteiger partial charge in [-0.05, 0) is 70.6 Å². The van der Waals surface area contributed by atoms with Crippen molar-refractivity contribution in [3.8, 4) is 5.75 Å². The summed E-state index contributed by atoms with van der Waals surface area (Å²) in [6, 6.07) is 10.6. The van der Waals surface area contributed by atoms with Crippen LogP contribution < -0.4 is 10.1 Å². The number of fused-ring (bicyclic) bond motifs is 1. The van der Waals surface area contributed by atoms with E-state index in [0.717, 1.165) is 35.8 Å². The van der Waals surface area contributed by atoms with Gasteiger partial charge in [0.25, 0.3) is 0 Å². The van der Waals surface area contributed by atoms with Crippen LogP contribution in [0.2, 0.25) is 0 Å². The zero-order chi connectivity index (χ0) is 27.3. The van der Waals surface area contributed by atoms with Crippen LogP contribution in [-0.4, -0.2) is 51.2 Å². The molecule has 2 heterocycles. The summed E-state index contributed by atoms with van der Waals surface area (Å²) in [7, 11) is 0. The van der Waals surface area contributed by atoms with Gasteiger partial charge in [0.2, 0.25) is 0 Å². The van der Waals surface area contributed by atoms with E-state index in [1.807, 2.05) is 45.0 Å². The second-order valence-corrected chi connectivity index (χ2v) is 11.3. The zero-order valence-electron chi connectivity index (χ0n) is 21.8. The number of carbonyl (C=O) groups is 1. The minimum absolute atomic E-state index is 0.129. The molecule has 1 amide bonds. The summed E-state index contributed by atoms with van der Waals surface area (Å²) in [5.41, 5.74) is 0.710. The van der Waals surface area contributed by atoms with Gasteiger partial charge in [-0.2, -0.15) is 0 Å². The highest BCUT2D eigenvalue weighted by Crippen LogP contribution is 2.35. The number of amides is 1. The van der Waals surface area contributed by atoms with Crippen LogP contribution >= 0.6 is 15.9 Å². The van der Waals surface area contributed by atoms with E-state index < -0.39 is 10.5 Å². The number of nitro groups is 1. The third-order valence-corrected chi connectivity index (χ3v) is 6.77. The Bertz CT molecular complexity index is 1300. The van der Waals surface area contributed by atoms with E-state index in [4.69, 9.17) is 9.47 Å². The van der Waals surface area contributed by atoms with Gasteiger partial charge in [-0.1, -0.05) is 22.0 Å². The lowest BCUT2D eigenvalue weighted by Gasteiger charge is -2.33. The summed E-state index contributed by atoms with van der Waals surface area (Å²) in [5.74, 6) is 1.14. The number of hydrogen-bond donors (Lipinski definition) is 1. The van der Waals surface area contributed by atoms with Gasteiger partial charge in [0.15, 0.2) is 5.75 Å². The van der Waals surface area contributed by atoms with Gasteiger partial charge in [-0.15, -0.1) is 0 Å². The molecule has 1 aliphatic rings. The number of nitro benzene ring substituents is 1. The van der Waals surface area contributed by atoms with Crippen molar-refractivity contribution in [1.82, 2.24) is 14.9 Å². The fourth-order valence-electron chi connectivity index (χ4n) is 4.42. The summed E-state index contributed by atoms with van der Waals surface area (Å²) in [6.07, 6.45) is 4.64. The maximum Gasteiger partial charge on any atom is 0.410 e. The highest BCUT2D eigenvalue weighted by Gasteiger charge is 2.27. The largest absolute Gasteiger partial charge is 0.487 e. The third-order valence-electron chi connectivity index (χ3n) is 6.28. The molecular weight excluding hydrogens is 554 g/mol. The average molecular weight is 586 g/mol. The lowest BCUT2D eigenvalue weighted by atomic mass is 9.92. The number of ether oxygens (including phenoxy) is 2. The maximum atomic E-state index is 12.3. The third kappa shape index (κ3) is 7.31. The molecule has 10 nitrogen and oxygen atoms in total. The van der Waals surface area contributed by atoms with Gasteiger partial charge in [0.1, 0.15) is 17.7 Å². The molecule has 1 N–H and O–H groups in total. The molecule has 1 saturated heterocycles. The number of likely N-dealkylation sites (tertiary alicyclic amines) is 1. The first kappa shape index (κ1) is 27.6. The molecule has 2 aromatic carbocycles. The Morgan fingerprint density at radius 1 is 1.21 bits per heavy atom. The lowest BCUT2D eigenvalue weighted by molar-refractivity contribution is -0.385. The van der Waals surface area contributed by atoms with Crippen LogP contribution in [0.15, 0.2) is 47.2 Å². The van der Waals surface area contributed by atoms with Gasteiger partial charge < -0.3 is 19.7 Å². The quantitative estimate of drug-likeness (QED) is 0.173. The number of rotatable bonds is 8. The van der Waals surface area contributed by atoms with Gasteiger partial charge >= 0.3 is 11.8 Å². The predicted molar refractivity (Wildman–Crippen MR) is 149 cm³/mol. The van der Waals surface area contributed by atoms with E-state index in [0.29, 0.717) is 42.3 Å². The lowest BCUT2D eigenvalue weighted by Crippen LogP contribution is -2.41. The van der Waals surface area contributed by atoms with E-state index in [2.05, 4.69) is 31.2 Å². The van der Waals surface area contributed by atoms with Crippen molar-refractivity contribution < 1.29 is 19.2 Å². The maximum absolute atomic E-state index is 12.3. The number of aromatic nitrogens is 2. The van der Waals surface area contributed by atoms with Crippen molar-refractivity contribution in [2.75, 3.05) is 25.0 Å². The SMILES string of the molecule is CC(C)(C)OC(=O)N1CCC(CCCOc2cc3ncnc(Nc4cccc(Br)c4)c3cc2[N+](=O)[O-])CC1. The molecule has 0 spiro atoms. The van der Waals surface area contributed by atoms with Crippen LogP contribution in [0.4, 0.5) is 22.0 Å². The van der Waals surface area contributed by atoms with E-state index in [-0.39, 0.29) is 17.5 Å². The summed E-state index contributed by atoms with van der Waals surface area (Å²) >= 11 is 3.44. The molecule has 1 aromatic heterocycles. The Morgan fingerprint density at radius 3 is 2.66 bits per heavy atom. The Balaban J connectivity index is 1.35. The molecule has 38 heavy (non-hydrogen) atoms. The van der Waals surface area contributed by atoms with Crippen molar-refractivity contribution >= 4 is 50.1 Å². The molecule has 202 valence electrons. The second-order valence-electron chi connectivity index (χ2n) is 10.4. The van der Waals surface area contributed by atoms with Crippen LogP contribution in [0.25, 0.3) is 10.9 Å². The molecule has 0 unspecified atom stereocenters. The molecule has 0 radical (unpaired) electrons. The summed E-state index contributed by atoms with van der Waals surface area (Å²) in [6.45, 7) is 7.30. The number of piperidine rings is 1. The molecule has 0 atom stereocenters. The van der Waals surface area contributed by atoms with Crippen LogP contribution in [-0.2, 0) is 4.74 Å². The fourth-order valence-corrected chi connectivity index (χ4v) is 4.82. The molecule has 4 rings (SSSR count). The van der Waals surface area contributed by atoms with Crippen molar-refractivity contribution in [1.29, 1.82) is 0 Å². The number of carbonyl (C=O) groups excluding carboxylic acids is 1. The van der Waals surface area contributed by atoms with E-state index in [9.17, 15) is 14.9 Å². The average Bonchev–Trinajstić information content (AvgIpc) is 2.85. The number of hydrogen-bond acceptors (Lipinski definition) is 8. The van der Waals surface area contributed by atoms with Gasteiger partial charge in [0.05, 0.1) is 22.4 Å². The van der Waals surface area contributed by atoms with E-state index >= 15 is 0 Å². The minimum atomic E-state index is -0.500. The van der Waals surface area contributed by atoms with E-state index in [1.165, 1.54) is 12.4 Å². The van der Waals surface area contributed by atoms with E-state index in [1.54, 1.807) is 11.0 Å². The normalized spacial score (nSPS) is 14.4. The predicted octanol–water partition coefficient (Wildman–Crippen LogP) is 6.85. The van der Waals surface area contributed by atoms with Crippen molar-refractivity contribution in [3.05, 3.63) is 57.3 Å². The standard InChI is InChI=1S/C27H32BrN5O5/c1-27(2,3)38-26(34)32-11-9-18(10-12-32)6-5-13-37-24-16-22-21(15-23(24)33(35)36)25(30-17-29-22)31-20-8-4-7-19(28)14-20/h4,7-8,14-18H,5-6,9-13H2,1-3H3,(H,29,30,31). The molecule has 1 aliphatic heterocycles. The Labute approximate surface area is 230 Å². The van der Waals surface area contributed by atoms with Gasteiger partial charge in [0, 0.05) is 35.4 Å². The smallest absolute Gasteiger partial charge is 0.410 e. The topological polar surface area (TPSA) is 120 Å². The first-order valence-electron chi connectivity index (χ1n) is 12.7. The minimum Gasteiger partial charge on any atom is -0.487 e. The number of anilines is 2. The number of halogens is 1. The summed E-state index contributed by atoms with van der Waals surface area (Å²) in [5, 5.41) is 15.6. The highest BCUT2D eigenvalue weighted by molar-refractivity contribution is 9.10. The second kappa shape index (κ2) is 11.9. The molecule has 0 saturated carbocycles. The van der Waals surface area contributed by atoms with Crippen molar-refractivity contribution in [2.45, 2.75) is 52.1 Å². The zero-order valence-corrected chi connectivity index (χ0v) is 23.4. The number of nitrogens with one attached hydrogen (secondary N) is 1. The van der Waals surface area contributed by atoms with Crippen LogP contribution in [0.3, 0.4) is 0 Å². The first-order chi connectivity index (χ1) is 18.1. The molecule has 0 aliphatic carbocycles. The fraction of sp³-hybridized carbons (Fsp3) is 0.444. The Kier molecular flexibility index (Phi) is 8.65. The molecule has 11 heteroatoms. The molecule has 0 bridgehead atoms.